The highest BCUT2D eigenvalue weighted by Crippen LogP contribution is 2.27. The van der Waals surface area contributed by atoms with Gasteiger partial charge in [-0.15, -0.1) is 0 Å². The fourth-order valence-corrected chi connectivity index (χ4v) is 3.78. The van der Waals surface area contributed by atoms with E-state index in [1.165, 1.54) is 19.3 Å². The van der Waals surface area contributed by atoms with Crippen molar-refractivity contribution in [1.82, 2.24) is 9.80 Å². The van der Waals surface area contributed by atoms with Gasteiger partial charge in [0.15, 0.2) is 0 Å². The van der Waals surface area contributed by atoms with E-state index in [-0.39, 0.29) is 0 Å². The normalized spacial score (nSPS) is 28.1. The first-order valence-corrected chi connectivity index (χ1v) is 8.80. The maximum Gasteiger partial charge on any atom is 0.222 e. The molecule has 0 spiro atoms. The molecule has 2 fully saturated rings. The van der Waals surface area contributed by atoms with Gasteiger partial charge < -0.3 is 10.6 Å². The molecule has 1 heterocycles. The summed E-state index contributed by atoms with van der Waals surface area (Å²) in [6, 6.07) is 0.374. The van der Waals surface area contributed by atoms with Crippen LogP contribution in [-0.4, -0.2) is 54.5 Å². The van der Waals surface area contributed by atoms with E-state index < -0.39 is 0 Å². The monoisotopic (exact) mass is 295 g/mol. The van der Waals surface area contributed by atoms with Crippen molar-refractivity contribution in [2.45, 2.75) is 58.4 Å². The molecule has 1 amide bonds. The van der Waals surface area contributed by atoms with E-state index in [0.29, 0.717) is 23.8 Å². The van der Waals surface area contributed by atoms with Gasteiger partial charge in [-0.05, 0) is 31.1 Å². The number of piperazine rings is 1. The highest BCUT2D eigenvalue weighted by molar-refractivity contribution is 5.76. The average molecular weight is 295 g/mol. The minimum Gasteiger partial charge on any atom is -0.340 e. The second-order valence-electron chi connectivity index (χ2n) is 7.41. The molecule has 0 bridgehead atoms. The minimum absolute atomic E-state index is 0.360. The molecule has 122 valence electrons. The molecule has 21 heavy (non-hydrogen) atoms. The van der Waals surface area contributed by atoms with Gasteiger partial charge in [0.1, 0.15) is 0 Å². The number of carbonyl (C=O) groups excluding carboxylic acids is 1. The summed E-state index contributed by atoms with van der Waals surface area (Å²) < 4.78 is 0. The van der Waals surface area contributed by atoms with Crippen molar-refractivity contribution < 1.29 is 4.79 Å². The van der Waals surface area contributed by atoms with E-state index in [4.69, 9.17) is 5.73 Å². The van der Waals surface area contributed by atoms with Crippen LogP contribution in [0.25, 0.3) is 0 Å². The summed E-state index contributed by atoms with van der Waals surface area (Å²) in [6.45, 7) is 9.57. The van der Waals surface area contributed by atoms with Crippen molar-refractivity contribution in [2.24, 2.45) is 17.6 Å². The van der Waals surface area contributed by atoms with Gasteiger partial charge >= 0.3 is 0 Å². The third kappa shape index (κ3) is 5.59. The van der Waals surface area contributed by atoms with Gasteiger partial charge in [0.05, 0.1) is 0 Å². The van der Waals surface area contributed by atoms with E-state index in [1.54, 1.807) is 0 Å². The van der Waals surface area contributed by atoms with Crippen molar-refractivity contribution in [3.8, 4) is 0 Å². The van der Waals surface area contributed by atoms with E-state index in [0.717, 1.165) is 52.0 Å². The summed E-state index contributed by atoms with van der Waals surface area (Å²) in [5, 5.41) is 0. The lowest BCUT2D eigenvalue weighted by Gasteiger charge is -2.36. The van der Waals surface area contributed by atoms with E-state index >= 15 is 0 Å². The van der Waals surface area contributed by atoms with Crippen molar-refractivity contribution in [3.63, 3.8) is 0 Å². The van der Waals surface area contributed by atoms with Crippen LogP contribution < -0.4 is 5.73 Å². The topological polar surface area (TPSA) is 49.6 Å². The number of hydrogen-bond acceptors (Lipinski definition) is 3. The van der Waals surface area contributed by atoms with Gasteiger partial charge in [0.25, 0.3) is 0 Å². The first-order chi connectivity index (χ1) is 10.0. The fourth-order valence-electron chi connectivity index (χ4n) is 3.78. The van der Waals surface area contributed by atoms with Crippen LogP contribution in [0.5, 0.6) is 0 Å². The second kappa shape index (κ2) is 8.14. The zero-order valence-electron chi connectivity index (χ0n) is 13.9. The smallest absolute Gasteiger partial charge is 0.222 e. The summed E-state index contributed by atoms with van der Waals surface area (Å²) in [4.78, 5) is 16.9. The van der Waals surface area contributed by atoms with Crippen LogP contribution in [0.2, 0.25) is 0 Å². The predicted octanol–water partition coefficient (Wildman–Crippen LogP) is 2.08. The van der Waals surface area contributed by atoms with Crippen LogP contribution in [-0.2, 0) is 4.79 Å². The second-order valence-corrected chi connectivity index (χ2v) is 7.41. The van der Waals surface area contributed by atoms with Crippen LogP contribution in [0.15, 0.2) is 0 Å². The maximum atomic E-state index is 12.3. The summed E-state index contributed by atoms with van der Waals surface area (Å²) in [5.41, 5.74) is 6.03. The van der Waals surface area contributed by atoms with Gasteiger partial charge in [0.2, 0.25) is 5.91 Å². The Morgan fingerprint density at radius 1 is 1.19 bits per heavy atom. The fraction of sp³-hybridized carbons (Fsp3) is 0.941. The number of hydrogen-bond donors (Lipinski definition) is 1. The first kappa shape index (κ1) is 16.8. The molecule has 4 heteroatoms. The Kier molecular flexibility index (Phi) is 6.49. The van der Waals surface area contributed by atoms with Crippen molar-refractivity contribution in [2.75, 3.05) is 32.7 Å². The summed E-state index contributed by atoms with van der Waals surface area (Å²) in [7, 11) is 0. The van der Waals surface area contributed by atoms with Gasteiger partial charge in [-0.1, -0.05) is 26.7 Å². The third-order valence-electron chi connectivity index (χ3n) is 4.94. The molecule has 2 rings (SSSR count). The molecule has 2 aliphatic rings. The Bertz CT molecular complexity index is 324. The largest absolute Gasteiger partial charge is 0.340 e. The standard InChI is InChI=1S/C17H33N3O/c1-14(2)13-19-8-10-20(11-9-19)17(21)7-6-15-4-3-5-16(18)12-15/h14-16H,3-13,18H2,1-2H3. The van der Waals surface area contributed by atoms with Gasteiger partial charge in [0, 0.05) is 45.2 Å². The molecule has 1 aliphatic carbocycles. The van der Waals surface area contributed by atoms with Gasteiger partial charge in [-0.2, -0.15) is 0 Å². The average Bonchev–Trinajstić information content (AvgIpc) is 2.45. The molecule has 2 unspecified atom stereocenters. The Morgan fingerprint density at radius 3 is 2.52 bits per heavy atom. The third-order valence-corrected chi connectivity index (χ3v) is 4.94. The summed E-state index contributed by atoms with van der Waals surface area (Å²) in [6.07, 6.45) is 6.56. The van der Waals surface area contributed by atoms with Crippen molar-refractivity contribution >= 4 is 5.91 Å². The Morgan fingerprint density at radius 2 is 1.90 bits per heavy atom. The SMILES string of the molecule is CC(C)CN1CCN(C(=O)CCC2CCCC(N)C2)CC1. The highest BCUT2D eigenvalue weighted by atomic mass is 16.2. The molecule has 1 aliphatic heterocycles. The molecule has 0 radical (unpaired) electrons. The lowest BCUT2D eigenvalue weighted by molar-refractivity contribution is -0.133. The molecular weight excluding hydrogens is 262 g/mol. The van der Waals surface area contributed by atoms with Gasteiger partial charge in [-0.3, -0.25) is 9.69 Å². The van der Waals surface area contributed by atoms with Crippen LogP contribution in [0.4, 0.5) is 0 Å². The highest BCUT2D eigenvalue weighted by Gasteiger charge is 2.24. The first-order valence-electron chi connectivity index (χ1n) is 8.80. The molecule has 0 aromatic rings. The summed E-state index contributed by atoms with van der Waals surface area (Å²) in [5.74, 6) is 1.75. The van der Waals surface area contributed by atoms with E-state index in [2.05, 4.69) is 23.6 Å². The number of carbonyl (C=O) groups is 1. The van der Waals surface area contributed by atoms with Gasteiger partial charge in [-0.25, -0.2) is 0 Å². The molecule has 4 nitrogen and oxygen atoms in total. The van der Waals surface area contributed by atoms with Crippen LogP contribution in [0, 0.1) is 11.8 Å². The van der Waals surface area contributed by atoms with Crippen LogP contribution >= 0.6 is 0 Å². The van der Waals surface area contributed by atoms with Crippen LogP contribution in [0.1, 0.15) is 52.4 Å². The number of amides is 1. The van der Waals surface area contributed by atoms with E-state index in [1.807, 2.05) is 0 Å². The lowest BCUT2D eigenvalue weighted by atomic mass is 9.83. The quantitative estimate of drug-likeness (QED) is 0.845. The molecule has 1 saturated heterocycles. The Hall–Kier alpha value is -0.610. The predicted molar refractivity (Wildman–Crippen MR) is 87.0 cm³/mol. The molecule has 0 aromatic heterocycles. The zero-order valence-corrected chi connectivity index (χ0v) is 13.9. The van der Waals surface area contributed by atoms with Crippen molar-refractivity contribution in [3.05, 3.63) is 0 Å². The number of rotatable bonds is 5. The van der Waals surface area contributed by atoms with Crippen LogP contribution in [0.3, 0.4) is 0 Å². The van der Waals surface area contributed by atoms with E-state index in [9.17, 15) is 4.79 Å². The number of nitrogens with zero attached hydrogens (tertiary/aromatic N) is 2. The molecule has 2 N–H and O–H groups in total. The molecule has 1 saturated carbocycles. The lowest BCUT2D eigenvalue weighted by Crippen LogP contribution is -2.49. The summed E-state index contributed by atoms with van der Waals surface area (Å²) >= 11 is 0. The molecule has 0 aromatic carbocycles. The molecular formula is C17H33N3O. The Balaban J connectivity index is 1.65. The Labute approximate surface area is 130 Å². The minimum atomic E-state index is 0.360. The number of nitrogens with two attached hydrogens (primary N) is 1. The molecule has 2 atom stereocenters. The maximum absolute atomic E-state index is 12.3. The van der Waals surface area contributed by atoms with Crippen molar-refractivity contribution in [1.29, 1.82) is 0 Å². The zero-order chi connectivity index (χ0) is 15.2.